The molecule has 144 valence electrons. The summed E-state index contributed by atoms with van der Waals surface area (Å²) in [6.45, 7) is 6.10. The highest BCUT2D eigenvalue weighted by Gasteiger charge is 2.33. The molecule has 2 atom stereocenters. The Morgan fingerprint density at radius 3 is 2.59 bits per heavy atom. The maximum atomic E-state index is 12.7. The molecule has 2 aromatic carbocycles. The van der Waals surface area contributed by atoms with E-state index in [9.17, 15) is 4.79 Å². The van der Waals surface area contributed by atoms with Gasteiger partial charge in [0.25, 0.3) is 0 Å². The van der Waals surface area contributed by atoms with Gasteiger partial charge >= 0.3 is 0 Å². The van der Waals surface area contributed by atoms with Gasteiger partial charge in [-0.05, 0) is 36.6 Å². The molecule has 2 aromatic rings. The lowest BCUT2D eigenvalue weighted by molar-refractivity contribution is -0.125. The Labute approximate surface area is 161 Å². The van der Waals surface area contributed by atoms with E-state index in [2.05, 4.69) is 54.3 Å². The molecule has 3 N–H and O–H groups in total. The Hall–Kier alpha value is -2.37. The Morgan fingerprint density at radius 1 is 1.15 bits per heavy atom. The summed E-state index contributed by atoms with van der Waals surface area (Å²) in [5.74, 6) is 0.780. The van der Waals surface area contributed by atoms with Crippen molar-refractivity contribution in [2.45, 2.75) is 39.3 Å². The Morgan fingerprint density at radius 2 is 1.89 bits per heavy atom. The maximum absolute atomic E-state index is 12.7. The highest BCUT2D eigenvalue weighted by molar-refractivity contribution is 5.80. The van der Waals surface area contributed by atoms with Crippen LogP contribution in [0.3, 0.4) is 0 Å². The fraction of sp³-hybridized carbons (Fsp3) is 0.409. The van der Waals surface area contributed by atoms with Crippen molar-refractivity contribution in [1.29, 1.82) is 0 Å². The number of ether oxygens (including phenoxy) is 1. The van der Waals surface area contributed by atoms with Gasteiger partial charge < -0.3 is 10.1 Å². The molecule has 1 fully saturated rings. The molecule has 0 spiro atoms. The van der Waals surface area contributed by atoms with E-state index in [0.29, 0.717) is 13.1 Å². The SMILES string of the molecule is CCCCOc1ccc(C2NNCC2C(=O)NCc2ccc(C)cc2)cc1. The third-order valence-corrected chi connectivity index (χ3v) is 4.91. The number of aryl methyl sites for hydroxylation is 1. The van der Waals surface area contributed by atoms with Crippen molar-refractivity contribution in [2.75, 3.05) is 13.2 Å². The topological polar surface area (TPSA) is 62.4 Å². The lowest BCUT2D eigenvalue weighted by atomic mass is 9.94. The van der Waals surface area contributed by atoms with Gasteiger partial charge in [-0.2, -0.15) is 0 Å². The van der Waals surface area contributed by atoms with Crippen molar-refractivity contribution in [3.05, 3.63) is 65.2 Å². The number of hydrazine groups is 1. The molecule has 0 radical (unpaired) electrons. The predicted octanol–water partition coefficient (Wildman–Crippen LogP) is 3.26. The van der Waals surface area contributed by atoms with Crippen LogP contribution in [0.15, 0.2) is 48.5 Å². The van der Waals surface area contributed by atoms with Gasteiger partial charge in [-0.15, -0.1) is 0 Å². The van der Waals surface area contributed by atoms with Crippen molar-refractivity contribution in [3.63, 3.8) is 0 Å². The van der Waals surface area contributed by atoms with Crippen molar-refractivity contribution in [1.82, 2.24) is 16.2 Å². The highest BCUT2D eigenvalue weighted by atomic mass is 16.5. The van der Waals surface area contributed by atoms with E-state index < -0.39 is 0 Å². The zero-order valence-electron chi connectivity index (χ0n) is 16.1. The third kappa shape index (κ3) is 5.31. The molecule has 1 heterocycles. The molecule has 1 saturated heterocycles. The summed E-state index contributed by atoms with van der Waals surface area (Å²) >= 11 is 0. The average Bonchev–Trinajstić information content (AvgIpc) is 3.18. The van der Waals surface area contributed by atoms with E-state index in [1.807, 2.05) is 24.3 Å². The summed E-state index contributed by atoms with van der Waals surface area (Å²) in [5, 5.41) is 3.06. The monoisotopic (exact) mass is 367 g/mol. The van der Waals surface area contributed by atoms with Gasteiger partial charge in [-0.25, -0.2) is 5.43 Å². The Bertz CT molecular complexity index is 728. The van der Waals surface area contributed by atoms with Crippen LogP contribution in [0.2, 0.25) is 0 Å². The summed E-state index contributed by atoms with van der Waals surface area (Å²) in [5.41, 5.74) is 9.76. The summed E-state index contributed by atoms with van der Waals surface area (Å²) in [6, 6.07) is 16.2. The van der Waals surface area contributed by atoms with Gasteiger partial charge in [0.15, 0.2) is 0 Å². The summed E-state index contributed by atoms with van der Waals surface area (Å²) < 4.78 is 5.72. The van der Waals surface area contributed by atoms with Crippen LogP contribution >= 0.6 is 0 Å². The number of rotatable bonds is 8. The van der Waals surface area contributed by atoms with E-state index >= 15 is 0 Å². The Balaban J connectivity index is 1.57. The molecule has 1 aliphatic heterocycles. The second-order valence-corrected chi connectivity index (χ2v) is 7.08. The quantitative estimate of drug-likeness (QED) is 0.627. The van der Waals surface area contributed by atoms with Crippen LogP contribution in [0.5, 0.6) is 5.75 Å². The summed E-state index contributed by atoms with van der Waals surface area (Å²) in [7, 11) is 0. The smallest absolute Gasteiger partial charge is 0.226 e. The van der Waals surface area contributed by atoms with E-state index in [0.717, 1.165) is 36.3 Å². The van der Waals surface area contributed by atoms with Crippen LogP contribution in [-0.2, 0) is 11.3 Å². The van der Waals surface area contributed by atoms with E-state index in [4.69, 9.17) is 4.74 Å². The minimum absolute atomic E-state index is 0.0484. The van der Waals surface area contributed by atoms with Gasteiger partial charge in [-0.3, -0.25) is 10.2 Å². The molecule has 0 aromatic heterocycles. The first-order valence-corrected chi connectivity index (χ1v) is 9.72. The predicted molar refractivity (Wildman–Crippen MR) is 107 cm³/mol. The van der Waals surface area contributed by atoms with Crippen LogP contribution < -0.4 is 20.9 Å². The average molecular weight is 367 g/mol. The second-order valence-electron chi connectivity index (χ2n) is 7.08. The molecule has 5 nitrogen and oxygen atoms in total. The van der Waals surface area contributed by atoms with Crippen molar-refractivity contribution >= 4 is 5.91 Å². The fourth-order valence-corrected chi connectivity index (χ4v) is 3.19. The van der Waals surface area contributed by atoms with Crippen molar-refractivity contribution in [2.24, 2.45) is 5.92 Å². The number of unbranched alkanes of at least 4 members (excludes halogenated alkanes) is 1. The number of benzene rings is 2. The molecule has 0 aliphatic carbocycles. The number of carbonyl (C=O) groups excluding carboxylic acids is 1. The number of amides is 1. The summed E-state index contributed by atoms with van der Waals surface area (Å²) in [6.07, 6.45) is 2.17. The van der Waals surface area contributed by atoms with Crippen LogP contribution in [0.4, 0.5) is 0 Å². The second kappa shape index (κ2) is 9.53. The number of hydrogen-bond acceptors (Lipinski definition) is 4. The zero-order chi connectivity index (χ0) is 19.1. The van der Waals surface area contributed by atoms with Gasteiger partial charge in [-0.1, -0.05) is 55.3 Å². The normalized spacial score (nSPS) is 19.0. The van der Waals surface area contributed by atoms with Crippen LogP contribution in [-0.4, -0.2) is 19.1 Å². The van der Waals surface area contributed by atoms with Crippen LogP contribution in [0.25, 0.3) is 0 Å². The molecule has 1 amide bonds. The lowest BCUT2D eigenvalue weighted by Crippen LogP contribution is -2.34. The number of hydrogen-bond donors (Lipinski definition) is 3. The molecule has 1 aliphatic rings. The molecular weight excluding hydrogens is 338 g/mol. The van der Waals surface area contributed by atoms with Gasteiger partial charge in [0.2, 0.25) is 5.91 Å². The molecular formula is C22H29N3O2. The largest absolute Gasteiger partial charge is 0.494 e. The maximum Gasteiger partial charge on any atom is 0.226 e. The lowest BCUT2D eigenvalue weighted by Gasteiger charge is -2.19. The minimum Gasteiger partial charge on any atom is -0.494 e. The van der Waals surface area contributed by atoms with Crippen LogP contribution in [0, 0.1) is 12.8 Å². The van der Waals surface area contributed by atoms with Crippen molar-refractivity contribution in [3.8, 4) is 5.75 Å². The molecule has 27 heavy (non-hydrogen) atoms. The van der Waals surface area contributed by atoms with E-state index in [1.54, 1.807) is 0 Å². The standard InChI is InChI=1S/C22H29N3O2/c1-3-4-13-27-19-11-9-18(10-12-19)21-20(15-24-25-21)22(26)23-14-17-7-5-16(2)6-8-17/h5-12,20-21,24-25H,3-4,13-15H2,1-2H3,(H,23,26). The van der Waals surface area contributed by atoms with Gasteiger partial charge in [0.1, 0.15) is 5.75 Å². The highest BCUT2D eigenvalue weighted by Crippen LogP contribution is 2.27. The number of carbonyl (C=O) groups is 1. The third-order valence-electron chi connectivity index (χ3n) is 4.91. The number of nitrogens with one attached hydrogen (secondary N) is 3. The van der Waals surface area contributed by atoms with Crippen molar-refractivity contribution < 1.29 is 9.53 Å². The van der Waals surface area contributed by atoms with Gasteiger partial charge in [0, 0.05) is 13.1 Å². The Kier molecular flexibility index (Phi) is 6.85. The van der Waals surface area contributed by atoms with E-state index in [-0.39, 0.29) is 17.9 Å². The molecule has 0 saturated carbocycles. The zero-order valence-corrected chi connectivity index (χ0v) is 16.1. The van der Waals surface area contributed by atoms with Crippen LogP contribution in [0.1, 0.15) is 42.5 Å². The summed E-state index contributed by atoms with van der Waals surface area (Å²) in [4.78, 5) is 12.7. The minimum atomic E-state index is -0.151. The molecule has 3 rings (SSSR count). The molecule has 0 bridgehead atoms. The first-order chi connectivity index (χ1) is 13.2. The molecule has 2 unspecified atom stereocenters. The fourth-order valence-electron chi connectivity index (χ4n) is 3.19. The molecule has 5 heteroatoms. The first-order valence-electron chi connectivity index (χ1n) is 9.72. The van der Waals surface area contributed by atoms with E-state index in [1.165, 1.54) is 5.56 Å². The van der Waals surface area contributed by atoms with Gasteiger partial charge in [0.05, 0.1) is 18.6 Å². The first kappa shape index (κ1) is 19.4.